The standard InChI is InChI=1S/C38H78O4/c1-3-5-7-9-11-13-15-17-19-21-23-25-27-29-31-37(39)35-41-33-34-42-36-38(40)32-30-28-26-24-22-20-18-16-14-12-10-8-6-4-2/h37-40H,3-36H2,1-2H3. The molecule has 0 aromatic heterocycles. The summed E-state index contributed by atoms with van der Waals surface area (Å²) < 4.78 is 11.2. The molecule has 4 nitrogen and oxygen atoms in total. The van der Waals surface area contributed by atoms with Crippen molar-refractivity contribution >= 4 is 0 Å². The Balaban J connectivity index is 3.24. The zero-order chi connectivity index (χ0) is 30.6. The summed E-state index contributed by atoms with van der Waals surface area (Å²) in [5.41, 5.74) is 0. The second-order valence-corrected chi connectivity index (χ2v) is 13.2. The van der Waals surface area contributed by atoms with Crippen LogP contribution in [0.15, 0.2) is 0 Å². The molecule has 0 rings (SSSR count). The smallest absolute Gasteiger partial charge is 0.0773 e. The van der Waals surface area contributed by atoms with Crippen molar-refractivity contribution in [1.82, 2.24) is 0 Å². The first-order valence-corrected chi connectivity index (χ1v) is 19.2. The zero-order valence-electron chi connectivity index (χ0n) is 28.9. The Hall–Kier alpha value is -0.160. The number of unbranched alkanes of at least 4 members (excludes halogenated alkanes) is 26. The van der Waals surface area contributed by atoms with Gasteiger partial charge in [-0.1, -0.05) is 194 Å². The maximum absolute atomic E-state index is 10.1. The molecule has 0 fully saturated rings. The quantitative estimate of drug-likeness (QED) is 0.0698. The molecule has 0 aliphatic rings. The van der Waals surface area contributed by atoms with Crippen LogP contribution in [0.5, 0.6) is 0 Å². The van der Waals surface area contributed by atoms with Crippen molar-refractivity contribution in [3.05, 3.63) is 0 Å². The molecule has 0 aromatic rings. The average molecular weight is 599 g/mol. The largest absolute Gasteiger partial charge is 0.391 e. The van der Waals surface area contributed by atoms with Crippen LogP contribution >= 0.6 is 0 Å². The van der Waals surface area contributed by atoms with Crippen molar-refractivity contribution in [2.24, 2.45) is 0 Å². The van der Waals surface area contributed by atoms with Crippen molar-refractivity contribution in [3.8, 4) is 0 Å². The lowest BCUT2D eigenvalue weighted by molar-refractivity contribution is -0.0202. The van der Waals surface area contributed by atoms with Gasteiger partial charge in [0.05, 0.1) is 38.6 Å². The van der Waals surface area contributed by atoms with Crippen LogP contribution in [0.25, 0.3) is 0 Å². The Kier molecular flexibility index (Phi) is 36.9. The lowest BCUT2D eigenvalue weighted by Crippen LogP contribution is -2.20. The van der Waals surface area contributed by atoms with E-state index in [1.807, 2.05) is 0 Å². The SMILES string of the molecule is CCCCCCCCCCCCCCCCC(O)COCCOCC(O)CCCCCCCCCCCCCCCC. The molecular formula is C38H78O4. The molecule has 0 amide bonds. The number of hydrogen-bond donors (Lipinski definition) is 2. The highest BCUT2D eigenvalue weighted by Gasteiger charge is 2.06. The summed E-state index contributed by atoms with van der Waals surface area (Å²) in [6, 6.07) is 0. The highest BCUT2D eigenvalue weighted by atomic mass is 16.5. The minimum atomic E-state index is -0.367. The fraction of sp³-hybridized carbons (Fsp3) is 1.00. The van der Waals surface area contributed by atoms with Gasteiger partial charge in [0, 0.05) is 0 Å². The summed E-state index contributed by atoms with van der Waals surface area (Å²) in [7, 11) is 0. The Bertz CT molecular complexity index is 430. The summed E-state index contributed by atoms with van der Waals surface area (Å²) in [4.78, 5) is 0. The predicted octanol–water partition coefficient (Wildman–Crippen LogP) is 11.5. The third-order valence-electron chi connectivity index (χ3n) is 8.77. The fourth-order valence-corrected chi connectivity index (χ4v) is 5.87. The predicted molar refractivity (Wildman–Crippen MR) is 184 cm³/mol. The summed E-state index contributed by atoms with van der Waals surface area (Å²) in [6.45, 7) is 6.32. The molecule has 0 saturated carbocycles. The maximum atomic E-state index is 10.1. The molecular weight excluding hydrogens is 520 g/mol. The van der Waals surface area contributed by atoms with Crippen LogP contribution in [0.2, 0.25) is 0 Å². The number of rotatable bonds is 37. The van der Waals surface area contributed by atoms with Crippen LogP contribution in [0, 0.1) is 0 Å². The molecule has 0 spiro atoms. The van der Waals surface area contributed by atoms with E-state index in [0.717, 1.165) is 25.7 Å². The minimum Gasteiger partial charge on any atom is -0.391 e. The highest BCUT2D eigenvalue weighted by molar-refractivity contribution is 4.57. The average Bonchev–Trinajstić information content (AvgIpc) is 2.99. The van der Waals surface area contributed by atoms with E-state index in [1.165, 1.54) is 167 Å². The number of ether oxygens (including phenoxy) is 2. The van der Waals surface area contributed by atoms with Crippen LogP contribution < -0.4 is 0 Å². The van der Waals surface area contributed by atoms with E-state index >= 15 is 0 Å². The van der Waals surface area contributed by atoms with E-state index in [1.54, 1.807) is 0 Å². The summed E-state index contributed by atoms with van der Waals surface area (Å²) >= 11 is 0. The van der Waals surface area contributed by atoms with E-state index in [2.05, 4.69) is 13.8 Å². The molecule has 254 valence electrons. The molecule has 0 bridgehead atoms. The molecule has 0 heterocycles. The number of aliphatic hydroxyl groups excluding tert-OH is 2. The van der Waals surface area contributed by atoms with E-state index in [9.17, 15) is 10.2 Å². The van der Waals surface area contributed by atoms with Gasteiger partial charge in [-0.25, -0.2) is 0 Å². The van der Waals surface area contributed by atoms with Gasteiger partial charge >= 0.3 is 0 Å². The Labute approximate surface area is 264 Å². The topological polar surface area (TPSA) is 58.9 Å². The van der Waals surface area contributed by atoms with Gasteiger partial charge in [-0.05, 0) is 12.8 Å². The van der Waals surface area contributed by atoms with Gasteiger partial charge in [0.1, 0.15) is 0 Å². The molecule has 0 aliphatic heterocycles. The van der Waals surface area contributed by atoms with Crippen LogP contribution in [0.1, 0.15) is 206 Å². The molecule has 0 aliphatic carbocycles. The second kappa shape index (κ2) is 37.0. The molecule has 0 aromatic carbocycles. The highest BCUT2D eigenvalue weighted by Crippen LogP contribution is 2.15. The monoisotopic (exact) mass is 599 g/mol. The van der Waals surface area contributed by atoms with E-state index < -0.39 is 0 Å². The van der Waals surface area contributed by atoms with Gasteiger partial charge in [0.25, 0.3) is 0 Å². The Morgan fingerprint density at radius 1 is 0.333 bits per heavy atom. The third kappa shape index (κ3) is 36.0. The first kappa shape index (κ1) is 41.8. The number of hydrogen-bond acceptors (Lipinski definition) is 4. The molecule has 0 saturated heterocycles. The molecule has 0 radical (unpaired) electrons. The molecule has 2 atom stereocenters. The van der Waals surface area contributed by atoms with Crippen molar-refractivity contribution in [1.29, 1.82) is 0 Å². The summed E-state index contributed by atoms with van der Waals surface area (Å²) in [6.07, 6.45) is 38.9. The lowest BCUT2D eigenvalue weighted by atomic mass is 10.0. The van der Waals surface area contributed by atoms with E-state index in [-0.39, 0.29) is 12.2 Å². The first-order valence-electron chi connectivity index (χ1n) is 19.2. The fourth-order valence-electron chi connectivity index (χ4n) is 5.87. The van der Waals surface area contributed by atoms with Gasteiger partial charge < -0.3 is 19.7 Å². The molecule has 4 heteroatoms. The van der Waals surface area contributed by atoms with Gasteiger partial charge in [-0.2, -0.15) is 0 Å². The molecule has 2 N–H and O–H groups in total. The van der Waals surface area contributed by atoms with Gasteiger partial charge in [0.2, 0.25) is 0 Å². The normalized spacial score (nSPS) is 13.1. The van der Waals surface area contributed by atoms with Crippen molar-refractivity contribution in [3.63, 3.8) is 0 Å². The third-order valence-corrected chi connectivity index (χ3v) is 8.77. The molecule has 2 unspecified atom stereocenters. The second-order valence-electron chi connectivity index (χ2n) is 13.2. The Morgan fingerprint density at radius 3 is 0.786 bits per heavy atom. The van der Waals surface area contributed by atoms with Crippen LogP contribution in [-0.4, -0.2) is 48.8 Å². The first-order chi connectivity index (χ1) is 20.7. The summed E-state index contributed by atoms with van der Waals surface area (Å²) in [5, 5.41) is 20.3. The molecule has 42 heavy (non-hydrogen) atoms. The van der Waals surface area contributed by atoms with Crippen LogP contribution in [-0.2, 0) is 9.47 Å². The minimum absolute atomic E-state index is 0.367. The van der Waals surface area contributed by atoms with Gasteiger partial charge in [0.15, 0.2) is 0 Å². The lowest BCUT2D eigenvalue weighted by Gasteiger charge is -2.13. The van der Waals surface area contributed by atoms with E-state index in [4.69, 9.17) is 9.47 Å². The van der Waals surface area contributed by atoms with Crippen molar-refractivity contribution in [2.75, 3.05) is 26.4 Å². The van der Waals surface area contributed by atoms with Crippen LogP contribution in [0.4, 0.5) is 0 Å². The Morgan fingerprint density at radius 2 is 0.548 bits per heavy atom. The van der Waals surface area contributed by atoms with Crippen LogP contribution in [0.3, 0.4) is 0 Å². The number of aliphatic hydroxyl groups is 2. The maximum Gasteiger partial charge on any atom is 0.0773 e. The van der Waals surface area contributed by atoms with E-state index in [0.29, 0.717) is 26.4 Å². The van der Waals surface area contributed by atoms with Gasteiger partial charge in [-0.3, -0.25) is 0 Å². The van der Waals surface area contributed by atoms with Crippen molar-refractivity contribution < 1.29 is 19.7 Å². The zero-order valence-corrected chi connectivity index (χ0v) is 28.9. The summed E-state index contributed by atoms with van der Waals surface area (Å²) in [5.74, 6) is 0. The van der Waals surface area contributed by atoms with Gasteiger partial charge in [-0.15, -0.1) is 0 Å². The van der Waals surface area contributed by atoms with Crippen molar-refractivity contribution in [2.45, 2.75) is 219 Å².